The van der Waals surface area contributed by atoms with Crippen LogP contribution in [0, 0.1) is 6.92 Å². The third-order valence-electron chi connectivity index (χ3n) is 4.64. The van der Waals surface area contributed by atoms with Crippen molar-refractivity contribution in [3.8, 4) is 5.82 Å². The first-order valence-electron chi connectivity index (χ1n) is 8.23. The van der Waals surface area contributed by atoms with Crippen molar-refractivity contribution < 1.29 is 0 Å². The minimum Gasteiger partial charge on any atom is -0.309 e. The summed E-state index contributed by atoms with van der Waals surface area (Å²) in [6.07, 6.45) is 7.98. The Bertz CT molecular complexity index is 629. The van der Waals surface area contributed by atoms with Gasteiger partial charge in [0.1, 0.15) is 0 Å². The van der Waals surface area contributed by atoms with Crippen molar-refractivity contribution >= 4 is 0 Å². The summed E-state index contributed by atoms with van der Waals surface area (Å²) in [5.41, 5.74) is 2.24. The molecular weight excluding hydrogens is 274 g/mol. The lowest BCUT2D eigenvalue weighted by molar-refractivity contribution is 0.317. The lowest BCUT2D eigenvalue weighted by Crippen LogP contribution is -2.32. The average molecular weight is 297 g/mol. The van der Waals surface area contributed by atoms with E-state index in [1.54, 1.807) is 0 Å². The van der Waals surface area contributed by atoms with Crippen LogP contribution in [0.25, 0.3) is 5.82 Å². The van der Waals surface area contributed by atoms with Gasteiger partial charge in [0.05, 0.1) is 5.69 Å². The van der Waals surface area contributed by atoms with Gasteiger partial charge in [0, 0.05) is 44.1 Å². The van der Waals surface area contributed by atoms with Crippen LogP contribution >= 0.6 is 0 Å². The van der Waals surface area contributed by atoms with Crippen molar-refractivity contribution in [3.05, 3.63) is 41.9 Å². The predicted molar refractivity (Wildman–Crippen MR) is 85.9 cm³/mol. The van der Waals surface area contributed by atoms with Crippen molar-refractivity contribution in [2.24, 2.45) is 0 Å². The fourth-order valence-electron chi connectivity index (χ4n) is 3.19. The molecule has 4 rings (SSSR count). The number of nitrogens with zero attached hydrogens (tertiary/aromatic N) is 4. The van der Waals surface area contributed by atoms with Gasteiger partial charge in [-0.2, -0.15) is 5.10 Å². The molecule has 5 nitrogen and oxygen atoms in total. The number of rotatable bonds is 5. The van der Waals surface area contributed by atoms with Gasteiger partial charge in [0.25, 0.3) is 0 Å². The standard InChI is InChI=1S/C17H23N5/c1-13-6-9-22(20-13)17-5-2-14(11-19-17)10-18-15-7-8-21(12-15)16-3-4-16/h2,5-6,9,11,15-16,18H,3-4,7-8,10,12H2,1H3. The maximum absolute atomic E-state index is 4.51. The van der Waals surface area contributed by atoms with Crippen LogP contribution in [0.15, 0.2) is 30.6 Å². The van der Waals surface area contributed by atoms with Crippen molar-refractivity contribution in [3.63, 3.8) is 0 Å². The molecule has 2 aromatic heterocycles. The van der Waals surface area contributed by atoms with Crippen LogP contribution < -0.4 is 5.32 Å². The molecule has 1 saturated carbocycles. The molecule has 1 N–H and O–H groups in total. The molecule has 1 aliphatic heterocycles. The van der Waals surface area contributed by atoms with Gasteiger partial charge in [-0.15, -0.1) is 0 Å². The van der Waals surface area contributed by atoms with E-state index in [1.165, 1.54) is 37.9 Å². The Hall–Kier alpha value is -1.72. The first-order chi connectivity index (χ1) is 10.8. The zero-order chi connectivity index (χ0) is 14.9. The summed E-state index contributed by atoms with van der Waals surface area (Å²) in [6, 6.07) is 7.69. The highest BCUT2D eigenvalue weighted by molar-refractivity contribution is 5.25. The molecule has 2 aliphatic rings. The molecular formula is C17H23N5. The number of hydrogen-bond donors (Lipinski definition) is 1. The Kier molecular flexibility index (Phi) is 3.68. The molecule has 3 heterocycles. The maximum Gasteiger partial charge on any atom is 0.153 e. The van der Waals surface area contributed by atoms with E-state index >= 15 is 0 Å². The smallest absolute Gasteiger partial charge is 0.153 e. The number of likely N-dealkylation sites (tertiary alicyclic amines) is 1. The summed E-state index contributed by atoms with van der Waals surface area (Å²) >= 11 is 0. The summed E-state index contributed by atoms with van der Waals surface area (Å²) in [6.45, 7) is 5.36. The van der Waals surface area contributed by atoms with E-state index < -0.39 is 0 Å². The van der Waals surface area contributed by atoms with Crippen molar-refractivity contribution in [1.82, 2.24) is 25.0 Å². The van der Waals surface area contributed by atoms with E-state index in [-0.39, 0.29) is 0 Å². The van der Waals surface area contributed by atoms with Gasteiger partial charge in [0.15, 0.2) is 5.82 Å². The second-order valence-corrected chi connectivity index (χ2v) is 6.52. The highest BCUT2D eigenvalue weighted by atomic mass is 15.3. The van der Waals surface area contributed by atoms with E-state index in [4.69, 9.17) is 0 Å². The van der Waals surface area contributed by atoms with E-state index in [2.05, 4.69) is 26.4 Å². The van der Waals surface area contributed by atoms with Crippen molar-refractivity contribution in [2.75, 3.05) is 13.1 Å². The monoisotopic (exact) mass is 297 g/mol. The van der Waals surface area contributed by atoms with E-state index in [0.29, 0.717) is 6.04 Å². The molecule has 1 saturated heterocycles. The molecule has 0 amide bonds. The van der Waals surface area contributed by atoms with Crippen molar-refractivity contribution in [1.29, 1.82) is 0 Å². The summed E-state index contributed by atoms with van der Waals surface area (Å²) in [7, 11) is 0. The first-order valence-corrected chi connectivity index (χ1v) is 8.23. The van der Waals surface area contributed by atoms with Crippen LogP contribution in [0.2, 0.25) is 0 Å². The number of aromatic nitrogens is 3. The summed E-state index contributed by atoms with van der Waals surface area (Å²) < 4.78 is 1.82. The molecule has 1 aliphatic carbocycles. The normalized spacial score (nSPS) is 22.3. The molecule has 116 valence electrons. The van der Waals surface area contributed by atoms with E-state index in [9.17, 15) is 0 Å². The number of nitrogens with one attached hydrogen (secondary N) is 1. The molecule has 2 aromatic rings. The second-order valence-electron chi connectivity index (χ2n) is 6.52. The topological polar surface area (TPSA) is 46.0 Å². The Morgan fingerprint density at radius 1 is 1.23 bits per heavy atom. The van der Waals surface area contributed by atoms with Crippen LogP contribution in [0.5, 0.6) is 0 Å². The molecule has 0 radical (unpaired) electrons. The molecule has 22 heavy (non-hydrogen) atoms. The third-order valence-corrected chi connectivity index (χ3v) is 4.64. The summed E-state index contributed by atoms with van der Waals surface area (Å²) in [4.78, 5) is 7.15. The molecule has 0 aromatic carbocycles. The highest BCUT2D eigenvalue weighted by Crippen LogP contribution is 2.29. The van der Waals surface area contributed by atoms with Crippen LogP contribution in [0.1, 0.15) is 30.5 Å². The molecule has 1 atom stereocenters. The van der Waals surface area contributed by atoms with Crippen LogP contribution in [-0.2, 0) is 6.54 Å². The largest absolute Gasteiger partial charge is 0.309 e. The van der Waals surface area contributed by atoms with Crippen LogP contribution in [0.3, 0.4) is 0 Å². The van der Waals surface area contributed by atoms with Crippen LogP contribution in [-0.4, -0.2) is 44.8 Å². The Morgan fingerprint density at radius 3 is 2.82 bits per heavy atom. The second kappa shape index (κ2) is 5.82. The predicted octanol–water partition coefficient (Wildman–Crippen LogP) is 1.90. The zero-order valence-corrected chi connectivity index (χ0v) is 13.1. The Labute approximate surface area is 131 Å². The number of hydrogen-bond acceptors (Lipinski definition) is 4. The number of aryl methyl sites for hydroxylation is 1. The molecule has 1 unspecified atom stereocenters. The lowest BCUT2D eigenvalue weighted by Gasteiger charge is -2.15. The first kappa shape index (κ1) is 13.9. The van der Waals surface area contributed by atoms with Gasteiger partial charge in [-0.25, -0.2) is 9.67 Å². The van der Waals surface area contributed by atoms with Gasteiger partial charge in [-0.05, 0) is 43.9 Å². The fraction of sp³-hybridized carbons (Fsp3) is 0.529. The van der Waals surface area contributed by atoms with Crippen LogP contribution in [0.4, 0.5) is 0 Å². The van der Waals surface area contributed by atoms with Gasteiger partial charge >= 0.3 is 0 Å². The molecule has 5 heteroatoms. The minimum atomic E-state index is 0.633. The number of pyridine rings is 1. The highest BCUT2D eigenvalue weighted by Gasteiger charge is 2.33. The quantitative estimate of drug-likeness (QED) is 0.915. The van der Waals surface area contributed by atoms with Gasteiger partial charge in [0.2, 0.25) is 0 Å². The molecule has 0 spiro atoms. The third kappa shape index (κ3) is 3.05. The lowest BCUT2D eigenvalue weighted by atomic mass is 10.2. The summed E-state index contributed by atoms with van der Waals surface area (Å²) in [5, 5.41) is 8.05. The van der Waals surface area contributed by atoms with Crippen molar-refractivity contribution in [2.45, 2.75) is 44.8 Å². The average Bonchev–Trinajstić information content (AvgIpc) is 3.12. The maximum atomic E-state index is 4.51. The van der Waals surface area contributed by atoms with E-state index in [1.807, 2.05) is 36.1 Å². The molecule has 0 bridgehead atoms. The van der Waals surface area contributed by atoms with Gasteiger partial charge in [-0.3, -0.25) is 4.90 Å². The summed E-state index contributed by atoms with van der Waals surface area (Å²) in [5.74, 6) is 0.873. The Morgan fingerprint density at radius 2 is 2.14 bits per heavy atom. The minimum absolute atomic E-state index is 0.633. The SMILES string of the molecule is Cc1ccn(-c2ccc(CNC3CCN(C4CC4)C3)cn2)n1. The van der Waals surface area contributed by atoms with E-state index in [0.717, 1.165) is 24.1 Å². The van der Waals surface area contributed by atoms with Gasteiger partial charge < -0.3 is 5.32 Å². The Balaban J connectivity index is 1.31. The van der Waals surface area contributed by atoms with Gasteiger partial charge in [-0.1, -0.05) is 6.07 Å². The fourth-order valence-corrected chi connectivity index (χ4v) is 3.19. The molecule has 2 fully saturated rings. The zero-order valence-electron chi connectivity index (χ0n) is 13.1.